The minimum absolute atomic E-state index is 0.0623. The lowest BCUT2D eigenvalue weighted by atomic mass is 9.96. The average Bonchev–Trinajstić information content (AvgIpc) is 2.55. The summed E-state index contributed by atoms with van der Waals surface area (Å²) in [5.41, 5.74) is 0.986. The van der Waals surface area contributed by atoms with Crippen molar-refractivity contribution >= 4 is 29.3 Å². The van der Waals surface area contributed by atoms with E-state index in [0.29, 0.717) is 44.0 Å². The standard InChI is InChI=1S/C17H22ClN3O3/c1-12(22)19-8-9-20-17(24)14-4-7-16(23)21(11-14)10-13-2-5-15(18)6-3-13/h2-3,5-6,14H,4,7-11H2,1H3,(H,19,22)(H,20,24). The van der Waals surface area contributed by atoms with Crippen molar-refractivity contribution in [1.82, 2.24) is 15.5 Å². The number of hydrogen-bond acceptors (Lipinski definition) is 3. The summed E-state index contributed by atoms with van der Waals surface area (Å²) < 4.78 is 0. The number of halogens is 1. The van der Waals surface area contributed by atoms with Crippen LogP contribution in [0.5, 0.6) is 0 Å². The minimum Gasteiger partial charge on any atom is -0.355 e. The number of benzene rings is 1. The Balaban J connectivity index is 1.85. The summed E-state index contributed by atoms with van der Waals surface area (Å²) in [6.07, 6.45) is 0.930. The number of nitrogens with one attached hydrogen (secondary N) is 2. The highest BCUT2D eigenvalue weighted by Gasteiger charge is 2.29. The van der Waals surface area contributed by atoms with Crippen LogP contribution in [-0.4, -0.2) is 42.3 Å². The molecule has 0 aliphatic carbocycles. The maximum absolute atomic E-state index is 12.2. The lowest BCUT2D eigenvalue weighted by Gasteiger charge is -2.32. The van der Waals surface area contributed by atoms with E-state index in [2.05, 4.69) is 10.6 Å². The van der Waals surface area contributed by atoms with Crippen LogP contribution in [0.4, 0.5) is 0 Å². The van der Waals surface area contributed by atoms with E-state index in [9.17, 15) is 14.4 Å². The van der Waals surface area contributed by atoms with E-state index in [-0.39, 0.29) is 23.6 Å². The van der Waals surface area contributed by atoms with E-state index in [4.69, 9.17) is 11.6 Å². The molecule has 1 aliphatic rings. The highest BCUT2D eigenvalue weighted by atomic mass is 35.5. The monoisotopic (exact) mass is 351 g/mol. The molecule has 6 nitrogen and oxygen atoms in total. The molecule has 0 saturated carbocycles. The maximum Gasteiger partial charge on any atom is 0.224 e. The Morgan fingerprint density at radius 1 is 1.21 bits per heavy atom. The molecule has 1 fully saturated rings. The van der Waals surface area contributed by atoms with E-state index >= 15 is 0 Å². The molecule has 0 spiro atoms. The normalized spacial score (nSPS) is 17.5. The first kappa shape index (κ1) is 18.3. The molecule has 1 atom stereocenters. The molecule has 1 aromatic carbocycles. The fourth-order valence-electron chi connectivity index (χ4n) is 2.66. The molecular formula is C17H22ClN3O3. The summed E-state index contributed by atoms with van der Waals surface area (Å²) in [7, 11) is 0. The highest BCUT2D eigenvalue weighted by Crippen LogP contribution is 2.20. The van der Waals surface area contributed by atoms with Gasteiger partial charge in [-0.05, 0) is 24.1 Å². The van der Waals surface area contributed by atoms with E-state index < -0.39 is 0 Å². The van der Waals surface area contributed by atoms with Gasteiger partial charge in [0, 0.05) is 44.5 Å². The number of carbonyl (C=O) groups excluding carboxylic acids is 3. The van der Waals surface area contributed by atoms with Crippen molar-refractivity contribution in [2.75, 3.05) is 19.6 Å². The fraction of sp³-hybridized carbons (Fsp3) is 0.471. The molecule has 1 aliphatic heterocycles. The molecular weight excluding hydrogens is 330 g/mol. The third kappa shape index (κ3) is 5.53. The Hall–Kier alpha value is -2.08. The van der Waals surface area contributed by atoms with Gasteiger partial charge in [0.1, 0.15) is 0 Å². The van der Waals surface area contributed by atoms with Crippen LogP contribution in [0.1, 0.15) is 25.3 Å². The Bertz CT molecular complexity index is 604. The van der Waals surface area contributed by atoms with Gasteiger partial charge in [-0.2, -0.15) is 0 Å². The number of hydrogen-bond donors (Lipinski definition) is 2. The summed E-state index contributed by atoms with van der Waals surface area (Å²) in [5.74, 6) is -0.352. The van der Waals surface area contributed by atoms with Gasteiger partial charge >= 0.3 is 0 Å². The number of carbonyl (C=O) groups is 3. The zero-order valence-electron chi connectivity index (χ0n) is 13.7. The van der Waals surface area contributed by atoms with Gasteiger partial charge in [0.15, 0.2) is 0 Å². The number of rotatable bonds is 6. The molecule has 2 N–H and O–H groups in total. The molecule has 1 aromatic rings. The SMILES string of the molecule is CC(=O)NCCNC(=O)C1CCC(=O)N(Cc2ccc(Cl)cc2)C1. The first-order valence-electron chi connectivity index (χ1n) is 8.00. The first-order valence-corrected chi connectivity index (χ1v) is 8.38. The van der Waals surface area contributed by atoms with Crippen molar-refractivity contribution < 1.29 is 14.4 Å². The van der Waals surface area contributed by atoms with Crippen molar-refractivity contribution in [3.8, 4) is 0 Å². The lowest BCUT2D eigenvalue weighted by molar-refractivity contribution is -0.139. The van der Waals surface area contributed by atoms with E-state index in [0.717, 1.165) is 5.56 Å². The Morgan fingerprint density at radius 3 is 2.54 bits per heavy atom. The molecule has 1 heterocycles. The number of likely N-dealkylation sites (tertiary alicyclic amines) is 1. The second kappa shape index (κ2) is 8.68. The van der Waals surface area contributed by atoms with Crippen LogP contribution in [0.25, 0.3) is 0 Å². The minimum atomic E-state index is -0.215. The predicted octanol–water partition coefficient (Wildman–Crippen LogP) is 1.33. The predicted molar refractivity (Wildman–Crippen MR) is 91.3 cm³/mol. The zero-order chi connectivity index (χ0) is 17.5. The molecule has 1 saturated heterocycles. The van der Waals surface area contributed by atoms with Crippen LogP contribution in [0.15, 0.2) is 24.3 Å². The van der Waals surface area contributed by atoms with Crippen molar-refractivity contribution in [2.45, 2.75) is 26.3 Å². The molecule has 7 heteroatoms. The van der Waals surface area contributed by atoms with Gasteiger partial charge < -0.3 is 15.5 Å². The molecule has 3 amide bonds. The fourth-order valence-corrected chi connectivity index (χ4v) is 2.79. The zero-order valence-corrected chi connectivity index (χ0v) is 14.4. The van der Waals surface area contributed by atoms with Gasteiger partial charge in [0.25, 0.3) is 0 Å². The molecule has 0 bridgehead atoms. The van der Waals surface area contributed by atoms with Gasteiger partial charge in [-0.1, -0.05) is 23.7 Å². The Morgan fingerprint density at radius 2 is 1.88 bits per heavy atom. The van der Waals surface area contributed by atoms with E-state index in [1.54, 1.807) is 17.0 Å². The Kier molecular flexibility index (Phi) is 6.61. The van der Waals surface area contributed by atoms with Crippen LogP contribution in [0.3, 0.4) is 0 Å². The summed E-state index contributed by atoms with van der Waals surface area (Å²) in [5, 5.41) is 6.09. The van der Waals surface area contributed by atoms with Crippen LogP contribution < -0.4 is 10.6 Å². The van der Waals surface area contributed by atoms with Gasteiger partial charge in [-0.3, -0.25) is 14.4 Å². The third-order valence-electron chi connectivity index (χ3n) is 3.96. The van der Waals surface area contributed by atoms with Crippen LogP contribution in [0, 0.1) is 5.92 Å². The van der Waals surface area contributed by atoms with Crippen molar-refractivity contribution in [1.29, 1.82) is 0 Å². The van der Waals surface area contributed by atoms with E-state index in [1.807, 2.05) is 12.1 Å². The molecule has 0 aromatic heterocycles. The number of amides is 3. The molecule has 1 unspecified atom stereocenters. The van der Waals surface area contributed by atoms with Gasteiger partial charge in [-0.15, -0.1) is 0 Å². The molecule has 0 radical (unpaired) electrons. The quantitative estimate of drug-likeness (QED) is 0.759. The second-order valence-electron chi connectivity index (χ2n) is 5.91. The van der Waals surface area contributed by atoms with E-state index in [1.165, 1.54) is 6.92 Å². The largest absolute Gasteiger partial charge is 0.355 e. The van der Waals surface area contributed by atoms with Crippen molar-refractivity contribution in [3.05, 3.63) is 34.9 Å². The summed E-state index contributed by atoms with van der Waals surface area (Å²) >= 11 is 5.87. The Labute approximate surface area is 146 Å². The topological polar surface area (TPSA) is 78.5 Å². The smallest absolute Gasteiger partial charge is 0.224 e. The number of nitrogens with zero attached hydrogens (tertiary/aromatic N) is 1. The van der Waals surface area contributed by atoms with Gasteiger partial charge in [0.05, 0.1) is 5.92 Å². The van der Waals surface area contributed by atoms with Crippen LogP contribution in [0.2, 0.25) is 5.02 Å². The molecule has 24 heavy (non-hydrogen) atoms. The number of piperidine rings is 1. The van der Waals surface area contributed by atoms with Gasteiger partial charge in [-0.25, -0.2) is 0 Å². The van der Waals surface area contributed by atoms with Gasteiger partial charge in [0.2, 0.25) is 17.7 Å². The van der Waals surface area contributed by atoms with Crippen LogP contribution >= 0.6 is 11.6 Å². The van der Waals surface area contributed by atoms with Crippen molar-refractivity contribution in [3.63, 3.8) is 0 Å². The first-order chi connectivity index (χ1) is 11.5. The highest BCUT2D eigenvalue weighted by molar-refractivity contribution is 6.30. The lowest BCUT2D eigenvalue weighted by Crippen LogP contribution is -2.46. The second-order valence-corrected chi connectivity index (χ2v) is 6.35. The molecule has 2 rings (SSSR count). The van der Waals surface area contributed by atoms with Crippen LogP contribution in [-0.2, 0) is 20.9 Å². The van der Waals surface area contributed by atoms with Crippen molar-refractivity contribution in [2.24, 2.45) is 5.92 Å². The average molecular weight is 352 g/mol. The third-order valence-corrected chi connectivity index (χ3v) is 4.21. The summed E-state index contributed by atoms with van der Waals surface area (Å²) in [6, 6.07) is 7.34. The maximum atomic E-state index is 12.2. The summed E-state index contributed by atoms with van der Waals surface area (Å²) in [4.78, 5) is 36.8. The molecule has 130 valence electrons. The summed E-state index contributed by atoms with van der Waals surface area (Å²) in [6.45, 7) is 3.11.